The molecular weight excluding hydrogens is 228 g/mol. The van der Waals surface area contributed by atoms with Gasteiger partial charge in [0.15, 0.2) is 0 Å². The Morgan fingerprint density at radius 2 is 2.00 bits per heavy atom. The van der Waals surface area contributed by atoms with Crippen LogP contribution in [-0.4, -0.2) is 6.61 Å². The van der Waals surface area contributed by atoms with Crippen LogP contribution in [0, 0.1) is 13.8 Å². The zero-order chi connectivity index (χ0) is 9.84. The molecule has 0 amide bonds. The summed E-state index contributed by atoms with van der Waals surface area (Å²) in [7, 11) is 0. The third-order valence-corrected chi connectivity index (χ3v) is 2.41. The van der Waals surface area contributed by atoms with Gasteiger partial charge >= 0.3 is 0 Å². The van der Waals surface area contributed by atoms with Gasteiger partial charge < -0.3 is 4.74 Å². The molecule has 0 fully saturated rings. The van der Waals surface area contributed by atoms with E-state index in [9.17, 15) is 0 Å². The van der Waals surface area contributed by atoms with Crippen molar-refractivity contribution in [3.05, 3.63) is 27.7 Å². The average molecular weight is 243 g/mol. The van der Waals surface area contributed by atoms with E-state index in [2.05, 4.69) is 48.8 Å². The monoisotopic (exact) mass is 242 g/mol. The Kier molecular flexibility index (Phi) is 3.79. The zero-order valence-electron chi connectivity index (χ0n) is 8.36. The van der Waals surface area contributed by atoms with E-state index < -0.39 is 0 Å². The minimum atomic E-state index is 0.780. The van der Waals surface area contributed by atoms with Crippen molar-refractivity contribution in [3.8, 4) is 5.75 Å². The van der Waals surface area contributed by atoms with Crippen LogP contribution in [-0.2, 0) is 0 Å². The lowest BCUT2D eigenvalue weighted by atomic mass is 10.1. The molecule has 1 aromatic rings. The molecule has 0 spiro atoms. The molecule has 0 aromatic heterocycles. The Hall–Kier alpha value is -0.500. The van der Waals surface area contributed by atoms with Gasteiger partial charge in [-0.1, -0.05) is 13.0 Å². The molecule has 0 atom stereocenters. The van der Waals surface area contributed by atoms with Gasteiger partial charge in [0.1, 0.15) is 5.75 Å². The third kappa shape index (κ3) is 2.73. The minimum Gasteiger partial charge on any atom is -0.492 e. The molecule has 0 aliphatic rings. The number of benzene rings is 1. The van der Waals surface area contributed by atoms with E-state index in [1.807, 2.05) is 0 Å². The zero-order valence-corrected chi connectivity index (χ0v) is 9.94. The SMILES string of the molecule is CCCOc1c(C)cc(C)cc1Br. The highest BCUT2D eigenvalue weighted by Gasteiger charge is 2.04. The summed E-state index contributed by atoms with van der Waals surface area (Å²) in [5.74, 6) is 0.979. The molecule has 1 nitrogen and oxygen atoms in total. The smallest absolute Gasteiger partial charge is 0.136 e. The highest BCUT2D eigenvalue weighted by molar-refractivity contribution is 9.10. The second-order valence-electron chi connectivity index (χ2n) is 3.24. The summed E-state index contributed by atoms with van der Waals surface area (Å²) in [6.45, 7) is 7.05. The lowest BCUT2D eigenvalue weighted by molar-refractivity contribution is 0.313. The molecular formula is C11H15BrO. The van der Waals surface area contributed by atoms with Crippen molar-refractivity contribution >= 4 is 15.9 Å². The Bertz CT molecular complexity index is 271. The molecule has 0 heterocycles. The van der Waals surface area contributed by atoms with E-state index in [4.69, 9.17) is 4.74 Å². The van der Waals surface area contributed by atoms with Crippen LogP contribution in [0.5, 0.6) is 5.75 Å². The summed E-state index contributed by atoms with van der Waals surface area (Å²) in [5.41, 5.74) is 2.45. The first kappa shape index (κ1) is 10.6. The van der Waals surface area contributed by atoms with Crippen LogP contribution < -0.4 is 4.74 Å². The summed E-state index contributed by atoms with van der Waals surface area (Å²) >= 11 is 3.50. The molecule has 0 N–H and O–H groups in total. The summed E-state index contributed by atoms with van der Waals surface area (Å²) in [6, 6.07) is 4.22. The summed E-state index contributed by atoms with van der Waals surface area (Å²) in [6.07, 6.45) is 1.04. The Labute approximate surface area is 88.2 Å². The molecule has 0 radical (unpaired) electrons. The van der Waals surface area contributed by atoms with Crippen LogP contribution in [0.4, 0.5) is 0 Å². The Morgan fingerprint density at radius 3 is 2.54 bits per heavy atom. The topological polar surface area (TPSA) is 9.23 Å². The highest BCUT2D eigenvalue weighted by atomic mass is 79.9. The molecule has 0 unspecified atom stereocenters. The van der Waals surface area contributed by atoms with Gasteiger partial charge in [0.05, 0.1) is 11.1 Å². The first-order valence-corrected chi connectivity index (χ1v) is 5.34. The maximum absolute atomic E-state index is 5.62. The average Bonchev–Trinajstić information content (AvgIpc) is 2.02. The number of ether oxygens (including phenoxy) is 1. The van der Waals surface area contributed by atoms with Gasteiger partial charge in [0, 0.05) is 0 Å². The van der Waals surface area contributed by atoms with Gasteiger partial charge in [-0.2, -0.15) is 0 Å². The fourth-order valence-electron chi connectivity index (χ4n) is 1.29. The standard InChI is InChI=1S/C11H15BrO/c1-4-5-13-11-9(3)6-8(2)7-10(11)12/h6-7H,4-5H2,1-3H3. The van der Waals surface area contributed by atoms with Gasteiger partial charge in [-0.25, -0.2) is 0 Å². The molecule has 1 aromatic carbocycles. The van der Waals surface area contributed by atoms with Crippen LogP contribution in [0.15, 0.2) is 16.6 Å². The first-order chi connectivity index (χ1) is 6.15. The molecule has 72 valence electrons. The fourth-order valence-corrected chi connectivity index (χ4v) is 2.08. The second kappa shape index (κ2) is 4.66. The maximum atomic E-state index is 5.62. The summed E-state index contributed by atoms with van der Waals surface area (Å²) < 4.78 is 6.68. The maximum Gasteiger partial charge on any atom is 0.136 e. The first-order valence-electron chi connectivity index (χ1n) is 4.54. The van der Waals surface area contributed by atoms with Crippen molar-refractivity contribution in [2.24, 2.45) is 0 Å². The van der Waals surface area contributed by atoms with Crippen molar-refractivity contribution in [2.45, 2.75) is 27.2 Å². The molecule has 0 saturated carbocycles. The van der Waals surface area contributed by atoms with E-state index in [0.29, 0.717) is 0 Å². The van der Waals surface area contributed by atoms with Crippen LogP contribution in [0.2, 0.25) is 0 Å². The fraction of sp³-hybridized carbons (Fsp3) is 0.455. The largest absolute Gasteiger partial charge is 0.492 e. The summed E-state index contributed by atoms with van der Waals surface area (Å²) in [5, 5.41) is 0. The second-order valence-corrected chi connectivity index (χ2v) is 4.10. The van der Waals surface area contributed by atoms with E-state index >= 15 is 0 Å². The Balaban J connectivity index is 2.92. The van der Waals surface area contributed by atoms with Crippen molar-refractivity contribution in [1.29, 1.82) is 0 Å². The number of halogens is 1. The lowest BCUT2D eigenvalue weighted by Crippen LogP contribution is -1.98. The number of hydrogen-bond acceptors (Lipinski definition) is 1. The number of hydrogen-bond donors (Lipinski definition) is 0. The van der Waals surface area contributed by atoms with Crippen LogP contribution in [0.1, 0.15) is 24.5 Å². The van der Waals surface area contributed by atoms with Crippen LogP contribution in [0.25, 0.3) is 0 Å². The van der Waals surface area contributed by atoms with E-state index in [0.717, 1.165) is 23.2 Å². The van der Waals surface area contributed by atoms with Crippen LogP contribution in [0.3, 0.4) is 0 Å². The van der Waals surface area contributed by atoms with E-state index in [1.54, 1.807) is 0 Å². The van der Waals surface area contributed by atoms with Gasteiger partial charge in [0.25, 0.3) is 0 Å². The molecule has 0 aliphatic heterocycles. The van der Waals surface area contributed by atoms with Gasteiger partial charge in [-0.3, -0.25) is 0 Å². The minimum absolute atomic E-state index is 0.780. The van der Waals surface area contributed by atoms with Crippen LogP contribution >= 0.6 is 15.9 Å². The predicted octanol–water partition coefficient (Wildman–Crippen LogP) is 3.85. The van der Waals surface area contributed by atoms with E-state index in [-0.39, 0.29) is 0 Å². The molecule has 0 saturated heterocycles. The summed E-state index contributed by atoms with van der Waals surface area (Å²) in [4.78, 5) is 0. The molecule has 13 heavy (non-hydrogen) atoms. The highest BCUT2D eigenvalue weighted by Crippen LogP contribution is 2.30. The van der Waals surface area contributed by atoms with Crippen molar-refractivity contribution in [3.63, 3.8) is 0 Å². The lowest BCUT2D eigenvalue weighted by Gasteiger charge is -2.10. The molecule has 0 aliphatic carbocycles. The normalized spacial score (nSPS) is 10.2. The van der Waals surface area contributed by atoms with Gasteiger partial charge in [0.2, 0.25) is 0 Å². The van der Waals surface area contributed by atoms with Crippen molar-refractivity contribution in [2.75, 3.05) is 6.61 Å². The van der Waals surface area contributed by atoms with Crippen molar-refractivity contribution < 1.29 is 4.74 Å². The van der Waals surface area contributed by atoms with Gasteiger partial charge in [-0.15, -0.1) is 0 Å². The number of rotatable bonds is 3. The van der Waals surface area contributed by atoms with Crippen molar-refractivity contribution in [1.82, 2.24) is 0 Å². The predicted molar refractivity (Wildman–Crippen MR) is 59.4 cm³/mol. The molecule has 1 rings (SSSR count). The quantitative estimate of drug-likeness (QED) is 0.783. The molecule has 0 bridgehead atoms. The third-order valence-electron chi connectivity index (χ3n) is 1.82. The molecule has 2 heteroatoms. The van der Waals surface area contributed by atoms with Gasteiger partial charge in [-0.05, 0) is 53.4 Å². The Morgan fingerprint density at radius 1 is 1.31 bits per heavy atom. The number of aryl methyl sites for hydroxylation is 2. The van der Waals surface area contributed by atoms with E-state index in [1.165, 1.54) is 11.1 Å².